The summed E-state index contributed by atoms with van der Waals surface area (Å²) in [5.74, 6) is -0.789. The first-order valence-corrected chi connectivity index (χ1v) is 11.6. The number of carbonyl (C=O) groups excluding carboxylic acids is 2. The molecule has 0 fully saturated rings. The molecule has 7 nitrogen and oxygen atoms in total. The van der Waals surface area contributed by atoms with E-state index in [1.54, 1.807) is 60.1 Å². The molecule has 0 aliphatic heterocycles. The highest BCUT2D eigenvalue weighted by Crippen LogP contribution is 2.29. The molecule has 0 atom stereocenters. The van der Waals surface area contributed by atoms with Crippen LogP contribution < -0.4 is 14.6 Å². The van der Waals surface area contributed by atoms with Gasteiger partial charge in [-0.15, -0.1) is 16.4 Å². The molecule has 0 aliphatic rings. The van der Waals surface area contributed by atoms with Crippen molar-refractivity contribution in [1.29, 1.82) is 0 Å². The van der Waals surface area contributed by atoms with E-state index in [-0.39, 0.29) is 17.0 Å². The fourth-order valence-corrected chi connectivity index (χ4v) is 4.39. The van der Waals surface area contributed by atoms with Gasteiger partial charge in [-0.3, -0.25) is 9.59 Å². The van der Waals surface area contributed by atoms with Crippen LogP contribution in [0.3, 0.4) is 0 Å². The predicted octanol–water partition coefficient (Wildman–Crippen LogP) is 3.99. The van der Waals surface area contributed by atoms with Crippen molar-refractivity contribution < 1.29 is 22.8 Å². The van der Waals surface area contributed by atoms with Crippen LogP contribution in [0.5, 0.6) is 5.75 Å². The van der Waals surface area contributed by atoms with Gasteiger partial charge in [0.25, 0.3) is 15.9 Å². The summed E-state index contributed by atoms with van der Waals surface area (Å²) >= 11 is 1.37. The van der Waals surface area contributed by atoms with Gasteiger partial charge in [0.05, 0.1) is 0 Å². The van der Waals surface area contributed by atoms with Crippen molar-refractivity contribution >= 4 is 38.9 Å². The van der Waals surface area contributed by atoms with E-state index in [9.17, 15) is 18.0 Å². The molecule has 1 aromatic heterocycles. The van der Waals surface area contributed by atoms with Gasteiger partial charge in [0.2, 0.25) is 5.91 Å². The van der Waals surface area contributed by atoms with E-state index in [4.69, 9.17) is 4.84 Å². The number of benzene rings is 2. The lowest BCUT2D eigenvalue weighted by Gasteiger charge is -2.24. The summed E-state index contributed by atoms with van der Waals surface area (Å²) in [6.07, 6.45) is 0.572. The minimum Gasteiger partial charge on any atom is -0.371 e. The SMILES string of the molecule is CCCC(=O)NS(=O)(=O)c1ccccc1N(Oc1ccsc1)C(=O)c1ccccc1. The Morgan fingerprint density at radius 3 is 2.40 bits per heavy atom. The molecule has 0 bridgehead atoms. The van der Waals surface area contributed by atoms with Crippen LogP contribution in [-0.2, 0) is 14.8 Å². The van der Waals surface area contributed by atoms with Gasteiger partial charge >= 0.3 is 0 Å². The molecule has 156 valence electrons. The van der Waals surface area contributed by atoms with Crippen LogP contribution in [-0.4, -0.2) is 20.2 Å². The van der Waals surface area contributed by atoms with Gasteiger partial charge in [-0.05, 0) is 42.1 Å². The largest absolute Gasteiger partial charge is 0.371 e. The maximum absolute atomic E-state index is 13.2. The number of amides is 2. The van der Waals surface area contributed by atoms with Crippen LogP contribution in [0.2, 0.25) is 0 Å². The van der Waals surface area contributed by atoms with Crippen molar-refractivity contribution in [1.82, 2.24) is 4.72 Å². The lowest BCUT2D eigenvalue weighted by atomic mass is 10.2. The second-order valence-corrected chi connectivity index (χ2v) is 8.69. The third-order valence-electron chi connectivity index (χ3n) is 4.00. The van der Waals surface area contributed by atoms with Crippen molar-refractivity contribution in [3.05, 3.63) is 77.0 Å². The summed E-state index contributed by atoms with van der Waals surface area (Å²) in [6.45, 7) is 1.77. The molecule has 3 rings (SSSR count). The fraction of sp³-hybridized carbons (Fsp3) is 0.143. The number of sulfonamides is 1. The fourth-order valence-electron chi connectivity index (χ4n) is 2.64. The molecule has 0 spiro atoms. The number of carbonyl (C=O) groups is 2. The molecule has 0 unspecified atom stereocenters. The molecule has 9 heteroatoms. The second-order valence-electron chi connectivity index (χ2n) is 6.26. The average Bonchev–Trinajstić information content (AvgIpc) is 3.25. The first-order valence-electron chi connectivity index (χ1n) is 9.16. The van der Waals surface area contributed by atoms with Crippen LogP contribution >= 0.6 is 11.3 Å². The minimum absolute atomic E-state index is 0.00523. The quantitative estimate of drug-likeness (QED) is 0.530. The maximum Gasteiger partial charge on any atom is 0.291 e. The summed E-state index contributed by atoms with van der Waals surface area (Å²) in [5, 5.41) is 4.38. The van der Waals surface area contributed by atoms with Gasteiger partial charge in [-0.1, -0.05) is 37.3 Å². The Hall–Kier alpha value is -3.17. The molecule has 0 saturated carbocycles. The number of para-hydroxylation sites is 1. The van der Waals surface area contributed by atoms with Crippen LogP contribution in [0.1, 0.15) is 30.1 Å². The van der Waals surface area contributed by atoms with Gasteiger partial charge in [0.1, 0.15) is 10.6 Å². The number of hydrogen-bond acceptors (Lipinski definition) is 6. The van der Waals surface area contributed by atoms with E-state index in [1.807, 2.05) is 4.72 Å². The number of hydrogen-bond donors (Lipinski definition) is 1. The summed E-state index contributed by atoms with van der Waals surface area (Å²) in [7, 11) is -4.22. The molecule has 2 amide bonds. The Balaban J connectivity index is 2.06. The Morgan fingerprint density at radius 1 is 1.03 bits per heavy atom. The number of rotatable bonds is 8. The van der Waals surface area contributed by atoms with Gasteiger partial charge in [0.15, 0.2) is 5.75 Å². The van der Waals surface area contributed by atoms with Crippen molar-refractivity contribution in [2.45, 2.75) is 24.7 Å². The smallest absolute Gasteiger partial charge is 0.291 e. The summed E-state index contributed by atoms with van der Waals surface area (Å²) in [4.78, 5) is 30.6. The molecule has 0 saturated heterocycles. The molecular formula is C21H20N2O5S2. The lowest BCUT2D eigenvalue weighted by molar-refractivity contribution is -0.119. The topological polar surface area (TPSA) is 92.8 Å². The number of anilines is 1. The molecule has 2 aromatic carbocycles. The van der Waals surface area contributed by atoms with Gasteiger partial charge < -0.3 is 4.84 Å². The molecule has 3 aromatic rings. The van der Waals surface area contributed by atoms with Crippen LogP contribution in [0, 0.1) is 0 Å². The van der Waals surface area contributed by atoms with Crippen LogP contribution in [0.15, 0.2) is 76.3 Å². The highest BCUT2D eigenvalue weighted by atomic mass is 32.2. The van der Waals surface area contributed by atoms with E-state index in [1.165, 1.54) is 29.5 Å². The number of nitrogens with zero attached hydrogens (tertiary/aromatic N) is 1. The monoisotopic (exact) mass is 444 g/mol. The Kier molecular flexibility index (Phi) is 6.86. The van der Waals surface area contributed by atoms with Crippen molar-refractivity contribution in [2.24, 2.45) is 0 Å². The summed E-state index contributed by atoms with van der Waals surface area (Å²) in [6, 6.07) is 15.9. The second kappa shape index (κ2) is 9.55. The zero-order chi connectivity index (χ0) is 21.6. The Morgan fingerprint density at radius 2 is 1.73 bits per heavy atom. The third-order valence-corrected chi connectivity index (χ3v) is 6.08. The first-order chi connectivity index (χ1) is 14.4. The maximum atomic E-state index is 13.2. The zero-order valence-electron chi connectivity index (χ0n) is 16.1. The molecule has 1 heterocycles. The predicted molar refractivity (Wildman–Crippen MR) is 115 cm³/mol. The summed E-state index contributed by atoms with van der Waals surface area (Å²) in [5.41, 5.74) is 0.310. The highest BCUT2D eigenvalue weighted by Gasteiger charge is 2.29. The van der Waals surface area contributed by atoms with Gasteiger partial charge in [-0.25, -0.2) is 13.1 Å². The van der Waals surface area contributed by atoms with Gasteiger partial charge in [0, 0.05) is 17.4 Å². The number of hydroxylamine groups is 1. The van der Waals surface area contributed by atoms with Crippen LogP contribution in [0.25, 0.3) is 0 Å². The molecule has 0 radical (unpaired) electrons. The molecule has 1 N–H and O–H groups in total. The van der Waals surface area contributed by atoms with Crippen LogP contribution in [0.4, 0.5) is 5.69 Å². The Labute approximate surface area is 178 Å². The Bertz CT molecular complexity index is 1110. The number of nitrogens with one attached hydrogen (secondary N) is 1. The average molecular weight is 445 g/mol. The first kappa shape index (κ1) is 21.5. The van der Waals surface area contributed by atoms with Crippen molar-refractivity contribution in [3.63, 3.8) is 0 Å². The van der Waals surface area contributed by atoms with E-state index in [2.05, 4.69) is 0 Å². The number of thiophene rings is 1. The summed E-state index contributed by atoms with van der Waals surface area (Å²) < 4.78 is 27.8. The normalized spacial score (nSPS) is 11.0. The van der Waals surface area contributed by atoms with E-state index in [0.717, 1.165) is 5.06 Å². The van der Waals surface area contributed by atoms with E-state index < -0.39 is 21.8 Å². The van der Waals surface area contributed by atoms with E-state index >= 15 is 0 Å². The molecule has 30 heavy (non-hydrogen) atoms. The van der Waals surface area contributed by atoms with Gasteiger partial charge in [-0.2, -0.15) is 0 Å². The van der Waals surface area contributed by atoms with Crippen molar-refractivity contribution in [2.75, 3.05) is 5.06 Å². The highest BCUT2D eigenvalue weighted by molar-refractivity contribution is 7.90. The lowest BCUT2D eigenvalue weighted by Crippen LogP contribution is -2.37. The zero-order valence-corrected chi connectivity index (χ0v) is 17.8. The van der Waals surface area contributed by atoms with Crippen molar-refractivity contribution in [3.8, 4) is 5.75 Å². The molecule has 0 aliphatic carbocycles. The molecular weight excluding hydrogens is 424 g/mol. The minimum atomic E-state index is -4.22. The standard InChI is InChI=1S/C21H20N2O5S2/c1-2-8-20(24)22-30(26,27)19-12-7-6-11-18(19)23(28-17-13-14-29-15-17)21(25)16-9-4-3-5-10-16/h3-7,9-15H,2,8H2,1H3,(H,22,24). The third kappa shape index (κ3) is 5.05. The van der Waals surface area contributed by atoms with E-state index in [0.29, 0.717) is 17.7 Å².